The van der Waals surface area contributed by atoms with E-state index >= 15 is 0 Å². The summed E-state index contributed by atoms with van der Waals surface area (Å²) in [7, 11) is 0. The van der Waals surface area contributed by atoms with E-state index in [2.05, 4.69) is 51.1 Å². The number of benzene rings is 1. The lowest BCUT2D eigenvalue weighted by Crippen LogP contribution is -2.44. The number of hydrogen-bond donors (Lipinski definition) is 0. The molecule has 0 amide bonds. The monoisotopic (exact) mass is 370 g/mol. The van der Waals surface area contributed by atoms with E-state index in [-0.39, 0.29) is 29.2 Å². The van der Waals surface area contributed by atoms with Crippen LogP contribution in [0.4, 0.5) is 0 Å². The average molecular weight is 371 g/mol. The van der Waals surface area contributed by atoms with Gasteiger partial charge in [-0.3, -0.25) is 0 Å². The van der Waals surface area contributed by atoms with Crippen LogP contribution in [-0.2, 0) is 19.7 Å². The van der Waals surface area contributed by atoms with Crippen molar-refractivity contribution in [3.8, 4) is 0 Å². The summed E-state index contributed by atoms with van der Waals surface area (Å²) in [5.74, 6) is 0.848. The van der Waals surface area contributed by atoms with Crippen LogP contribution in [0.2, 0.25) is 0 Å². The van der Waals surface area contributed by atoms with Crippen molar-refractivity contribution in [3.05, 3.63) is 35.9 Å². The standard InChI is InChI=1S/C24H34O3/c1-17-12-13-19(23(2,3)18-10-6-4-7-11-18)20(16-17)26-22(25)21-24(27-21)14-8-5-9-15-24/h4,6-7,10-11,17,19-21H,5,8-9,12-16H2,1-3H3/t17-,19-,20-,21-/m1/s1. The highest BCUT2D eigenvalue weighted by Gasteiger charge is 2.61. The zero-order chi connectivity index (χ0) is 19.1. The number of carbonyl (C=O) groups excluding carboxylic acids is 1. The third kappa shape index (κ3) is 3.68. The highest BCUT2D eigenvalue weighted by atomic mass is 16.7. The molecule has 3 fully saturated rings. The third-order valence-corrected chi connectivity index (χ3v) is 7.45. The van der Waals surface area contributed by atoms with Crippen molar-refractivity contribution >= 4 is 5.97 Å². The number of rotatable bonds is 4. The number of esters is 1. The van der Waals surface area contributed by atoms with Crippen LogP contribution in [0.25, 0.3) is 0 Å². The van der Waals surface area contributed by atoms with E-state index in [4.69, 9.17) is 9.47 Å². The first-order chi connectivity index (χ1) is 12.9. The van der Waals surface area contributed by atoms with E-state index in [9.17, 15) is 4.79 Å². The van der Waals surface area contributed by atoms with Crippen LogP contribution in [0.15, 0.2) is 30.3 Å². The normalized spacial score (nSPS) is 32.9. The molecule has 148 valence electrons. The van der Waals surface area contributed by atoms with Crippen LogP contribution in [-0.4, -0.2) is 23.8 Å². The number of epoxide rings is 1. The molecule has 3 nitrogen and oxygen atoms in total. The van der Waals surface area contributed by atoms with Crippen LogP contribution in [0.1, 0.15) is 77.7 Å². The molecular formula is C24H34O3. The zero-order valence-corrected chi connectivity index (χ0v) is 17.1. The van der Waals surface area contributed by atoms with Crippen LogP contribution in [0.5, 0.6) is 0 Å². The second-order valence-electron chi connectivity index (χ2n) is 9.71. The Morgan fingerprint density at radius 1 is 1.11 bits per heavy atom. The van der Waals surface area contributed by atoms with Crippen molar-refractivity contribution < 1.29 is 14.3 Å². The molecule has 2 saturated carbocycles. The maximum Gasteiger partial charge on any atom is 0.338 e. The third-order valence-electron chi connectivity index (χ3n) is 7.45. The van der Waals surface area contributed by atoms with Crippen LogP contribution < -0.4 is 0 Å². The summed E-state index contributed by atoms with van der Waals surface area (Å²) in [6, 6.07) is 10.7. The Kier molecular flexibility index (Phi) is 5.09. The highest BCUT2D eigenvalue weighted by Crippen LogP contribution is 2.50. The summed E-state index contributed by atoms with van der Waals surface area (Å²) < 4.78 is 12.1. The van der Waals surface area contributed by atoms with Gasteiger partial charge in [0.2, 0.25) is 0 Å². The SMILES string of the molecule is C[C@@H]1CC[C@@H](C(C)(C)c2ccccc2)[C@H](OC(=O)[C@H]2OC23CCCCC3)C1. The maximum absolute atomic E-state index is 12.9. The van der Waals surface area contributed by atoms with Gasteiger partial charge >= 0.3 is 5.97 Å². The molecule has 4 atom stereocenters. The summed E-state index contributed by atoms with van der Waals surface area (Å²) in [4.78, 5) is 12.9. The molecule has 1 aromatic carbocycles. The van der Waals surface area contributed by atoms with Crippen molar-refractivity contribution in [2.75, 3.05) is 0 Å². The fourth-order valence-electron chi connectivity index (χ4n) is 5.57. The van der Waals surface area contributed by atoms with Gasteiger partial charge in [-0.1, -0.05) is 76.8 Å². The van der Waals surface area contributed by atoms with E-state index in [1.807, 2.05) is 0 Å². The molecule has 1 aromatic rings. The Hall–Kier alpha value is -1.35. The fourth-order valence-corrected chi connectivity index (χ4v) is 5.57. The summed E-state index contributed by atoms with van der Waals surface area (Å²) in [6.45, 7) is 6.89. The lowest BCUT2D eigenvalue weighted by molar-refractivity contribution is -0.158. The lowest BCUT2D eigenvalue weighted by atomic mass is 9.64. The molecule has 3 aliphatic rings. The molecule has 0 bridgehead atoms. The zero-order valence-electron chi connectivity index (χ0n) is 17.1. The number of ether oxygens (including phenoxy) is 2. The van der Waals surface area contributed by atoms with Crippen molar-refractivity contribution in [1.29, 1.82) is 0 Å². The molecule has 3 heteroatoms. The van der Waals surface area contributed by atoms with Crippen molar-refractivity contribution in [1.82, 2.24) is 0 Å². The van der Waals surface area contributed by atoms with Gasteiger partial charge in [-0.15, -0.1) is 0 Å². The van der Waals surface area contributed by atoms with Gasteiger partial charge in [0.1, 0.15) is 11.7 Å². The summed E-state index contributed by atoms with van der Waals surface area (Å²) >= 11 is 0. The topological polar surface area (TPSA) is 38.8 Å². The van der Waals surface area contributed by atoms with Crippen molar-refractivity contribution in [3.63, 3.8) is 0 Å². The minimum absolute atomic E-state index is 0.0127. The van der Waals surface area contributed by atoms with Gasteiger partial charge in [-0.05, 0) is 42.6 Å². The molecule has 0 N–H and O–H groups in total. The van der Waals surface area contributed by atoms with E-state index in [0.717, 1.165) is 25.7 Å². The minimum Gasteiger partial charge on any atom is -0.460 e. The first kappa shape index (κ1) is 19.0. The Labute approximate surface area is 163 Å². The largest absolute Gasteiger partial charge is 0.460 e. The predicted molar refractivity (Wildman–Crippen MR) is 107 cm³/mol. The van der Waals surface area contributed by atoms with Gasteiger partial charge in [0.05, 0.1) is 0 Å². The highest BCUT2D eigenvalue weighted by molar-refractivity contribution is 5.79. The Morgan fingerprint density at radius 3 is 2.52 bits per heavy atom. The first-order valence-corrected chi connectivity index (χ1v) is 10.9. The first-order valence-electron chi connectivity index (χ1n) is 10.9. The van der Waals surface area contributed by atoms with E-state index in [0.29, 0.717) is 11.8 Å². The molecule has 1 heterocycles. The average Bonchev–Trinajstić information content (AvgIpc) is 3.36. The summed E-state index contributed by atoms with van der Waals surface area (Å²) in [5.41, 5.74) is 1.14. The van der Waals surface area contributed by atoms with Gasteiger partial charge in [-0.25, -0.2) is 4.79 Å². The Morgan fingerprint density at radius 2 is 1.81 bits per heavy atom. The molecule has 1 aliphatic heterocycles. The van der Waals surface area contributed by atoms with Gasteiger partial charge < -0.3 is 9.47 Å². The van der Waals surface area contributed by atoms with Crippen LogP contribution in [0, 0.1) is 11.8 Å². The Balaban J connectivity index is 1.48. The molecular weight excluding hydrogens is 336 g/mol. The van der Waals surface area contributed by atoms with Crippen LogP contribution >= 0.6 is 0 Å². The predicted octanol–water partition coefficient (Wildman–Crippen LogP) is 5.41. The molecule has 0 radical (unpaired) electrons. The van der Waals surface area contributed by atoms with E-state index < -0.39 is 0 Å². The minimum atomic E-state index is -0.310. The second kappa shape index (κ2) is 7.24. The Bertz CT molecular complexity index is 659. The molecule has 2 aliphatic carbocycles. The number of hydrogen-bond acceptors (Lipinski definition) is 3. The molecule has 0 aromatic heterocycles. The van der Waals surface area contributed by atoms with Gasteiger partial charge in [0.15, 0.2) is 6.10 Å². The second-order valence-corrected chi connectivity index (χ2v) is 9.71. The molecule has 1 saturated heterocycles. The van der Waals surface area contributed by atoms with Gasteiger partial charge in [-0.2, -0.15) is 0 Å². The molecule has 27 heavy (non-hydrogen) atoms. The van der Waals surface area contributed by atoms with Gasteiger partial charge in [0.25, 0.3) is 0 Å². The summed E-state index contributed by atoms with van der Waals surface area (Å²) in [5, 5.41) is 0. The van der Waals surface area contributed by atoms with Gasteiger partial charge in [0, 0.05) is 5.92 Å². The van der Waals surface area contributed by atoms with Crippen LogP contribution in [0.3, 0.4) is 0 Å². The summed E-state index contributed by atoms with van der Waals surface area (Å²) in [6.07, 6.45) is 8.61. The quantitative estimate of drug-likeness (QED) is 0.525. The van der Waals surface area contributed by atoms with E-state index in [1.54, 1.807) is 0 Å². The van der Waals surface area contributed by atoms with E-state index in [1.165, 1.54) is 31.2 Å². The van der Waals surface area contributed by atoms with Crippen molar-refractivity contribution in [2.24, 2.45) is 11.8 Å². The number of carbonyl (C=O) groups is 1. The lowest BCUT2D eigenvalue weighted by Gasteiger charge is -2.44. The van der Waals surface area contributed by atoms with Crippen molar-refractivity contribution in [2.45, 2.75) is 95.4 Å². The molecule has 0 unspecified atom stereocenters. The molecule has 4 rings (SSSR count). The fraction of sp³-hybridized carbons (Fsp3) is 0.708. The molecule has 1 spiro atoms. The smallest absolute Gasteiger partial charge is 0.338 e. The maximum atomic E-state index is 12.9.